The monoisotopic (exact) mass is 273 g/mol. The summed E-state index contributed by atoms with van der Waals surface area (Å²) in [6, 6.07) is 0.695. The predicted molar refractivity (Wildman–Crippen MR) is 72.8 cm³/mol. The highest BCUT2D eigenvalue weighted by Gasteiger charge is 2.48. The number of carbonyl (C=O) groups is 1. The number of fused-ring (bicyclic) bond motifs is 2. The Bertz CT molecular complexity index is 304. The van der Waals surface area contributed by atoms with Gasteiger partial charge in [-0.05, 0) is 57.5 Å². The number of likely N-dealkylation sites (tertiary alicyclic amines) is 1. The fourth-order valence-corrected chi connectivity index (χ4v) is 4.31. The number of halogens is 1. The summed E-state index contributed by atoms with van der Waals surface area (Å²) < 4.78 is 5.60. The summed E-state index contributed by atoms with van der Waals surface area (Å²) in [4.78, 5) is 13.9. The number of rotatable bonds is 2. The lowest BCUT2D eigenvalue weighted by Crippen LogP contribution is -2.47. The van der Waals surface area contributed by atoms with Crippen LogP contribution >= 0.6 is 12.4 Å². The van der Waals surface area contributed by atoms with E-state index in [0.29, 0.717) is 17.9 Å². The van der Waals surface area contributed by atoms with Gasteiger partial charge in [-0.25, -0.2) is 0 Å². The number of hydrogen-bond acceptors (Lipinski definition) is 3. The van der Waals surface area contributed by atoms with Crippen molar-refractivity contribution in [3.63, 3.8) is 0 Å². The van der Waals surface area contributed by atoms with Gasteiger partial charge in [0.2, 0.25) is 0 Å². The van der Waals surface area contributed by atoms with Gasteiger partial charge in [-0.2, -0.15) is 0 Å². The maximum Gasteiger partial charge on any atom is 0.302 e. The molecule has 1 heterocycles. The van der Waals surface area contributed by atoms with Crippen molar-refractivity contribution in [3.8, 4) is 0 Å². The Morgan fingerprint density at radius 3 is 2.44 bits per heavy atom. The first-order chi connectivity index (χ1) is 8.25. The van der Waals surface area contributed by atoms with Crippen molar-refractivity contribution < 1.29 is 9.53 Å². The molecule has 0 aromatic rings. The minimum Gasteiger partial charge on any atom is -0.462 e. The van der Waals surface area contributed by atoms with Gasteiger partial charge in [0, 0.05) is 18.9 Å². The van der Waals surface area contributed by atoms with Crippen LogP contribution in [-0.2, 0) is 9.53 Å². The van der Waals surface area contributed by atoms with Gasteiger partial charge >= 0.3 is 5.97 Å². The molecule has 1 saturated heterocycles. The third-order valence-corrected chi connectivity index (χ3v) is 5.00. The van der Waals surface area contributed by atoms with Crippen LogP contribution in [0.25, 0.3) is 0 Å². The van der Waals surface area contributed by atoms with Gasteiger partial charge in [0.05, 0.1) is 0 Å². The largest absolute Gasteiger partial charge is 0.462 e. The fourth-order valence-electron chi connectivity index (χ4n) is 4.31. The highest BCUT2D eigenvalue weighted by atomic mass is 35.5. The molecule has 4 atom stereocenters. The molecule has 18 heavy (non-hydrogen) atoms. The first-order valence-electron chi connectivity index (χ1n) is 7.17. The van der Waals surface area contributed by atoms with Crippen LogP contribution in [0, 0.1) is 11.8 Å². The number of esters is 1. The van der Waals surface area contributed by atoms with E-state index < -0.39 is 0 Å². The molecule has 2 aliphatic carbocycles. The van der Waals surface area contributed by atoms with Crippen LogP contribution in [0.5, 0.6) is 0 Å². The molecule has 3 aliphatic rings. The highest BCUT2D eigenvalue weighted by molar-refractivity contribution is 5.85. The fraction of sp³-hybridized carbons (Fsp3) is 0.929. The first kappa shape index (κ1) is 14.1. The Hall–Kier alpha value is -0.280. The standard InChI is InChI=1S/C14H23NO2.ClH/c1-10(16)17-14-11-4-6-12(14)13(7-5-11)15-8-2-3-9-15;/h11-14H,2-9H2,1H3;1H. The summed E-state index contributed by atoms with van der Waals surface area (Å²) in [5.74, 6) is 1.19. The quantitative estimate of drug-likeness (QED) is 0.725. The van der Waals surface area contributed by atoms with Crippen molar-refractivity contribution in [2.75, 3.05) is 13.1 Å². The average molecular weight is 274 g/mol. The molecule has 4 unspecified atom stereocenters. The molecule has 4 heteroatoms. The predicted octanol–water partition coefficient (Wildman–Crippen LogP) is 2.62. The van der Waals surface area contributed by atoms with Crippen molar-refractivity contribution in [3.05, 3.63) is 0 Å². The van der Waals surface area contributed by atoms with Crippen LogP contribution < -0.4 is 0 Å². The minimum atomic E-state index is -0.0889. The van der Waals surface area contributed by atoms with E-state index in [0.717, 1.165) is 0 Å². The number of carbonyl (C=O) groups excluding carboxylic acids is 1. The zero-order valence-corrected chi connectivity index (χ0v) is 12.0. The number of ether oxygens (including phenoxy) is 1. The zero-order chi connectivity index (χ0) is 11.8. The van der Waals surface area contributed by atoms with Crippen LogP contribution in [0.1, 0.15) is 45.4 Å². The molecule has 3 fully saturated rings. The van der Waals surface area contributed by atoms with E-state index in [4.69, 9.17) is 4.74 Å². The minimum absolute atomic E-state index is 0. The molecular weight excluding hydrogens is 250 g/mol. The van der Waals surface area contributed by atoms with Gasteiger partial charge in [0.1, 0.15) is 6.10 Å². The summed E-state index contributed by atoms with van der Waals surface area (Å²) in [5.41, 5.74) is 0. The van der Waals surface area contributed by atoms with Crippen LogP contribution in [0.4, 0.5) is 0 Å². The second-order valence-corrected chi connectivity index (χ2v) is 5.96. The Kier molecular flexibility index (Phi) is 4.54. The van der Waals surface area contributed by atoms with Crippen molar-refractivity contribution >= 4 is 18.4 Å². The normalized spacial score (nSPS) is 39.4. The SMILES string of the molecule is CC(=O)OC1C2CCC1C(N1CCCC1)CC2.Cl. The summed E-state index contributed by atoms with van der Waals surface area (Å²) in [7, 11) is 0. The third kappa shape index (κ3) is 2.53. The van der Waals surface area contributed by atoms with E-state index in [1.165, 1.54) is 51.6 Å². The number of hydrogen-bond donors (Lipinski definition) is 0. The molecule has 0 spiro atoms. The van der Waals surface area contributed by atoms with Crippen molar-refractivity contribution in [2.24, 2.45) is 11.8 Å². The van der Waals surface area contributed by atoms with E-state index in [2.05, 4.69) is 4.90 Å². The Balaban J connectivity index is 0.00000120. The highest BCUT2D eigenvalue weighted by Crippen LogP contribution is 2.46. The maximum atomic E-state index is 11.2. The third-order valence-electron chi connectivity index (χ3n) is 5.00. The zero-order valence-electron chi connectivity index (χ0n) is 11.1. The van der Waals surface area contributed by atoms with E-state index in [-0.39, 0.29) is 24.5 Å². The molecule has 0 aromatic heterocycles. The molecule has 0 aromatic carbocycles. The van der Waals surface area contributed by atoms with Gasteiger partial charge in [0.25, 0.3) is 0 Å². The second kappa shape index (κ2) is 5.79. The van der Waals surface area contributed by atoms with Gasteiger partial charge < -0.3 is 4.74 Å². The van der Waals surface area contributed by atoms with Crippen molar-refractivity contribution in [1.82, 2.24) is 4.90 Å². The molecule has 0 N–H and O–H groups in total. The lowest BCUT2D eigenvalue weighted by molar-refractivity contribution is -0.154. The number of nitrogens with zero attached hydrogens (tertiary/aromatic N) is 1. The van der Waals surface area contributed by atoms with E-state index >= 15 is 0 Å². The molecule has 2 bridgehead atoms. The topological polar surface area (TPSA) is 29.5 Å². The summed E-state index contributed by atoms with van der Waals surface area (Å²) in [6.45, 7) is 4.08. The lowest BCUT2D eigenvalue weighted by atomic mass is 9.81. The maximum absolute atomic E-state index is 11.2. The van der Waals surface area contributed by atoms with Crippen LogP contribution in [0.3, 0.4) is 0 Å². The molecule has 0 amide bonds. The van der Waals surface area contributed by atoms with Crippen LogP contribution in [-0.4, -0.2) is 36.1 Å². The summed E-state index contributed by atoms with van der Waals surface area (Å²) >= 11 is 0. The molecule has 104 valence electrons. The first-order valence-corrected chi connectivity index (χ1v) is 7.17. The van der Waals surface area contributed by atoms with Crippen molar-refractivity contribution in [1.29, 1.82) is 0 Å². The molecule has 3 nitrogen and oxygen atoms in total. The Morgan fingerprint density at radius 2 is 1.78 bits per heavy atom. The van der Waals surface area contributed by atoms with E-state index in [1.54, 1.807) is 6.92 Å². The van der Waals surface area contributed by atoms with Crippen LogP contribution in [0.15, 0.2) is 0 Å². The molecule has 2 saturated carbocycles. The van der Waals surface area contributed by atoms with E-state index in [9.17, 15) is 4.79 Å². The van der Waals surface area contributed by atoms with Crippen LogP contribution in [0.2, 0.25) is 0 Å². The Labute approximate surface area is 116 Å². The van der Waals surface area contributed by atoms with Gasteiger partial charge in [-0.15, -0.1) is 12.4 Å². The Morgan fingerprint density at radius 1 is 1.11 bits per heavy atom. The average Bonchev–Trinajstić information content (AvgIpc) is 2.87. The van der Waals surface area contributed by atoms with Gasteiger partial charge in [-0.3, -0.25) is 9.69 Å². The molecular formula is C14H24ClNO2. The molecule has 3 rings (SSSR count). The summed E-state index contributed by atoms with van der Waals surface area (Å²) in [6.07, 6.45) is 8.06. The van der Waals surface area contributed by atoms with Gasteiger partial charge in [-0.1, -0.05) is 0 Å². The smallest absolute Gasteiger partial charge is 0.302 e. The lowest BCUT2D eigenvalue weighted by Gasteiger charge is -2.40. The molecule has 1 aliphatic heterocycles. The van der Waals surface area contributed by atoms with Gasteiger partial charge in [0.15, 0.2) is 0 Å². The second-order valence-electron chi connectivity index (χ2n) is 5.96. The summed E-state index contributed by atoms with van der Waals surface area (Å²) in [5, 5.41) is 0. The van der Waals surface area contributed by atoms with E-state index in [1.807, 2.05) is 0 Å². The molecule has 0 radical (unpaired) electrons. The van der Waals surface area contributed by atoms with Crippen molar-refractivity contribution in [2.45, 2.75) is 57.6 Å².